The highest BCUT2D eigenvalue weighted by Crippen LogP contribution is 2.17. The fraction of sp³-hybridized carbons (Fsp3) is 0.571. The third-order valence-corrected chi connectivity index (χ3v) is 4.66. The molecule has 0 spiro atoms. The van der Waals surface area contributed by atoms with Crippen LogP contribution in [0.4, 0.5) is 0 Å². The van der Waals surface area contributed by atoms with Crippen molar-refractivity contribution in [2.45, 2.75) is 44.6 Å². The van der Waals surface area contributed by atoms with Gasteiger partial charge in [0.05, 0.1) is 4.90 Å². The summed E-state index contributed by atoms with van der Waals surface area (Å²) >= 11 is 0. The molecular formula is C14H24N2O2S. The van der Waals surface area contributed by atoms with Gasteiger partial charge in [-0.25, -0.2) is 13.1 Å². The van der Waals surface area contributed by atoms with Crippen molar-refractivity contribution in [1.29, 1.82) is 0 Å². The quantitative estimate of drug-likeness (QED) is 0.840. The summed E-state index contributed by atoms with van der Waals surface area (Å²) < 4.78 is 26.7. The van der Waals surface area contributed by atoms with Crippen LogP contribution in [0.2, 0.25) is 0 Å². The summed E-state index contributed by atoms with van der Waals surface area (Å²) in [6.07, 6.45) is 0. The molecule has 0 radical (unpaired) electrons. The van der Waals surface area contributed by atoms with Crippen LogP contribution in [-0.2, 0) is 10.0 Å². The summed E-state index contributed by atoms with van der Waals surface area (Å²) in [5.41, 5.74) is 6.96. The van der Waals surface area contributed by atoms with Crippen molar-refractivity contribution in [2.24, 2.45) is 11.7 Å². The average Bonchev–Trinajstić information content (AvgIpc) is 2.36. The van der Waals surface area contributed by atoms with E-state index in [-0.39, 0.29) is 23.4 Å². The first-order chi connectivity index (χ1) is 8.74. The molecule has 3 N–H and O–H groups in total. The van der Waals surface area contributed by atoms with Crippen molar-refractivity contribution in [3.05, 3.63) is 29.8 Å². The number of sulfonamides is 1. The Morgan fingerprint density at radius 3 is 2.05 bits per heavy atom. The van der Waals surface area contributed by atoms with E-state index in [0.717, 1.165) is 5.56 Å². The largest absolute Gasteiger partial charge is 0.326 e. The number of hydrogen-bond donors (Lipinski definition) is 2. The number of rotatable bonds is 6. The van der Waals surface area contributed by atoms with Gasteiger partial charge < -0.3 is 5.73 Å². The summed E-state index contributed by atoms with van der Waals surface area (Å²) in [6, 6.07) is 6.80. The molecule has 0 amide bonds. The van der Waals surface area contributed by atoms with Gasteiger partial charge in [-0.1, -0.05) is 39.8 Å². The number of nitrogens with one attached hydrogen (secondary N) is 1. The summed E-state index contributed by atoms with van der Waals surface area (Å²) in [7, 11) is -3.46. The summed E-state index contributed by atoms with van der Waals surface area (Å²) in [5, 5.41) is 0. The lowest BCUT2D eigenvalue weighted by molar-refractivity contribution is 0.481. The van der Waals surface area contributed by atoms with Crippen molar-refractivity contribution in [3.8, 4) is 0 Å². The monoisotopic (exact) mass is 284 g/mol. The van der Waals surface area contributed by atoms with E-state index in [0.29, 0.717) is 5.92 Å². The molecule has 0 aliphatic heterocycles. The van der Waals surface area contributed by atoms with Crippen molar-refractivity contribution in [3.63, 3.8) is 0 Å². The Bertz CT molecular complexity index is 493. The van der Waals surface area contributed by atoms with E-state index in [9.17, 15) is 8.42 Å². The van der Waals surface area contributed by atoms with E-state index < -0.39 is 10.0 Å². The molecule has 0 saturated heterocycles. The normalized spacial score (nSPS) is 14.1. The molecule has 0 heterocycles. The lowest BCUT2D eigenvalue weighted by Gasteiger charge is -2.16. The lowest BCUT2D eigenvalue weighted by atomic mass is 10.0. The van der Waals surface area contributed by atoms with E-state index >= 15 is 0 Å². The van der Waals surface area contributed by atoms with Crippen LogP contribution in [0, 0.1) is 5.92 Å². The molecule has 0 saturated carbocycles. The van der Waals surface area contributed by atoms with Crippen molar-refractivity contribution < 1.29 is 8.42 Å². The molecular weight excluding hydrogens is 260 g/mol. The van der Waals surface area contributed by atoms with E-state index in [4.69, 9.17) is 5.73 Å². The predicted octanol–water partition coefficient (Wildman–Crippen LogP) is 2.07. The van der Waals surface area contributed by atoms with Gasteiger partial charge in [0.25, 0.3) is 0 Å². The fourth-order valence-corrected chi connectivity index (χ4v) is 2.63. The van der Waals surface area contributed by atoms with Crippen LogP contribution in [-0.4, -0.2) is 21.0 Å². The van der Waals surface area contributed by atoms with Gasteiger partial charge in [-0.2, -0.15) is 0 Å². The van der Waals surface area contributed by atoms with Gasteiger partial charge in [0.15, 0.2) is 0 Å². The molecule has 1 rings (SSSR count). The van der Waals surface area contributed by atoms with Gasteiger partial charge in [-0.15, -0.1) is 0 Å². The molecule has 1 atom stereocenters. The average molecular weight is 284 g/mol. The fourth-order valence-electron chi connectivity index (χ4n) is 1.56. The number of benzene rings is 1. The van der Waals surface area contributed by atoms with Gasteiger partial charge in [-0.05, 0) is 29.5 Å². The van der Waals surface area contributed by atoms with Gasteiger partial charge >= 0.3 is 0 Å². The van der Waals surface area contributed by atoms with Crippen LogP contribution in [0.5, 0.6) is 0 Å². The van der Waals surface area contributed by atoms with Crippen molar-refractivity contribution in [1.82, 2.24) is 4.72 Å². The van der Waals surface area contributed by atoms with E-state index in [1.165, 1.54) is 0 Å². The number of hydrogen-bond acceptors (Lipinski definition) is 3. The highest BCUT2D eigenvalue weighted by atomic mass is 32.2. The highest BCUT2D eigenvalue weighted by Gasteiger charge is 2.16. The van der Waals surface area contributed by atoms with Crippen LogP contribution in [0.3, 0.4) is 0 Å². The Morgan fingerprint density at radius 1 is 1.11 bits per heavy atom. The molecule has 108 valence electrons. The maximum Gasteiger partial charge on any atom is 0.240 e. The smallest absolute Gasteiger partial charge is 0.240 e. The standard InChI is InChI=1S/C14H24N2O2S/c1-10(2)12-5-7-13(8-6-12)19(17,18)16-9-14(15)11(3)4/h5-8,10-11,14,16H,9,15H2,1-4H3. The molecule has 5 heteroatoms. The summed E-state index contributed by atoms with van der Waals surface area (Å²) in [4.78, 5) is 0.285. The lowest BCUT2D eigenvalue weighted by Crippen LogP contribution is -2.40. The van der Waals surface area contributed by atoms with Gasteiger partial charge in [-0.3, -0.25) is 0 Å². The Kier molecular flexibility index (Phi) is 5.52. The first kappa shape index (κ1) is 16.1. The van der Waals surface area contributed by atoms with Crippen LogP contribution in [0.1, 0.15) is 39.2 Å². The van der Waals surface area contributed by atoms with Crippen molar-refractivity contribution in [2.75, 3.05) is 6.54 Å². The second-order valence-corrected chi connectivity index (χ2v) is 7.25. The first-order valence-corrected chi connectivity index (χ1v) is 8.07. The molecule has 0 aliphatic carbocycles. The highest BCUT2D eigenvalue weighted by molar-refractivity contribution is 7.89. The Hall–Kier alpha value is -0.910. The molecule has 4 nitrogen and oxygen atoms in total. The Morgan fingerprint density at radius 2 is 1.63 bits per heavy atom. The number of nitrogens with two attached hydrogens (primary N) is 1. The molecule has 0 bridgehead atoms. The molecule has 1 aromatic rings. The third kappa shape index (κ3) is 4.60. The zero-order chi connectivity index (χ0) is 14.6. The Balaban J connectivity index is 2.77. The first-order valence-electron chi connectivity index (χ1n) is 6.59. The molecule has 1 aromatic carbocycles. The van der Waals surface area contributed by atoms with Crippen LogP contribution in [0.15, 0.2) is 29.2 Å². The van der Waals surface area contributed by atoms with Gasteiger partial charge in [0.2, 0.25) is 10.0 Å². The summed E-state index contributed by atoms with van der Waals surface area (Å²) in [5.74, 6) is 0.630. The topological polar surface area (TPSA) is 72.2 Å². The summed E-state index contributed by atoms with van der Waals surface area (Å²) in [6.45, 7) is 8.34. The van der Waals surface area contributed by atoms with Crippen molar-refractivity contribution >= 4 is 10.0 Å². The molecule has 19 heavy (non-hydrogen) atoms. The molecule has 0 aromatic heterocycles. The maximum atomic E-state index is 12.1. The second kappa shape index (κ2) is 6.50. The SMILES string of the molecule is CC(C)c1ccc(S(=O)(=O)NCC(N)C(C)C)cc1. The van der Waals surface area contributed by atoms with E-state index in [1.54, 1.807) is 12.1 Å². The molecule has 0 fully saturated rings. The minimum Gasteiger partial charge on any atom is -0.326 e. The minimum atomic E-state index is -3.46. The van der Waals surface area contributed by atoms with Gasteiger partial charge in [0, 0.05) is 12.6 Å². The van der Waals surface area contributed by atoms with E-state index in [1.807, 2.05) is 26.0 Å². The molecule has 0 aliphatic rings. The predicted molar refractivity (Wildman–Crippen MR) is 78.5 cm³/mol. The van der Waals surface area contributed by atoms with Crippen LogP contribution >= 0.6 is 0 Å². The third-order valence-electron chi connectivity index (χ3n) is 3.22. The van der Waals surface area contributed by atoms with Crippen LogP contribution < -0.4 is 10.5 Å². The van der Waals surface area contributed by atoms with Crippen LogP contribution in [0.25, 0.3) is 0 Å². The second-order valence-electron chi connectivity index (χ2n) is 5.48. The van der Waals surface area contributed by atoms with E-state index in [2.05, 4.69) is 18.6 Å². The minimum absolute atomic E-state index is 0.176. The van der Waals surface area contributed by atoms with Gasteiger partial charge in [0.1, 0.15) is 0 Å². The zero-order valence-electron chi connectivity index (χ0n) is 12.1. The molecule has 1 unspecified atom stereocenters. The zero-order valence-corrected chi connectivity index (χ0v) is 12.9. The Labute approximate surface area is 116 Å². The maximum absolute atomic E-state index is 12.1.